The van der Waals surface area contributed by atoms with E-state index in [1.54, 1.807) is 0 Å². The van der Waals surface area contributed by atoms with Crippen LogP contribution in [0.5, 0.6) is 0 Å². The van der Waals surface area contributed by atoms with Gasteiger partial charge in [0.15, 0.2) is 0 Å². The van der Waals surface area contributed by atoms with Crippen molar-refractivity contribution in [2.75, 3.05) is 37.6 Å². The lowest BCUT2D eigenvalue weighted by atomic mass is 10.1. The van der Waals surface area contributed by atoms with Crippen molar-refractivity contribution in [1.29, 1.82) is 0 Å². The van der Waals surface area contributed by atoms with Crippen molar-refractivity contribution in [2.24, 2.45) is 5.92 Å². The van der Waals surface area contributed by atoms with E-state index in [9.17, 15) is 5.11 Å². The molecule has 29 heavy (non-hydrogen) atoms. The number of aliphatic hydroxyl groups excluding tert-OH is 1. The molecule has 4 rings (SSSR count). The minimum atomic E-state index is -0.270. The summed E-state index contributed by atoms with van der Waals surface area (Å²) in [6.07, 6.45) is 8.52. The monoisotopic (exact) mass is 397 g/mol. The highest BCUT2D eigenvalue weighted by atomic mass is 16.3. The van der Waals surface area contributed by atoms with E-state index in [0.717, 1.165) is 52.1 Å². The van der Waals surface area contributed by atoms with Crippen LogP contribution in [-0.2, 0) is 13.1 Å². The fraction of sp³-hybridized carbons (Fsp3) is 0.609. The normalized spacial score (nSPS) is 25.6. The summed E-state index contributed by atoms with van der Waals surface area (Å²) in [6.45, 7) is 9.69. The van der Waals surface area contributed by atoms with Crippen LogP contribution in [0.4, 0.5) is 5.69 Å². The van der Waals surface area contributed by atoms with Crippen molar-refractivity contribution in [3.05, 3.63) is 48.5 Å². The lowest BCUT2D eigenvalue weighted by Gasteiger charge is -2.37. The molecule has 6 nitrogen and oxygen atoms in total. The van der Waals surface area contributed by atoms with Crippen molar-refractivity contribution >= 4 is 5.69 Å². The van der Waals surface area contributed by atoms with Gasteiger partial charge in [-0.05, 0) is 43.4 Å². The van der Waals surface area contributed by atoms with Crippen molar-refractivity contribution in [1.82, 2.24) is 19.8 Å². The van der Waals surface area contributed by atoms with E-state index in [2.05, 4.69) is 55.9 Å². The van der Waals surface area contributed by atoms with Crippen LogP contribution in [-0.4, -0.2) is 64.4 Å². The summed E-state index contributed by atoms with van der Waals surface area (Å²) in [5, 5.41) is 14.2. The van der Waals surface area contributed by atoms with Crippen LogP contribution < -0.4 is 10.2 Å². The van der Waals surface area contributed by atoms with E-state index in [-0.39, 0.29) is 12.1 Å². The van der Waals surface area contributed by atoms with Crippen LogP contribution in [0.15, 0.2) is 43.0 Å². The number of hydrogen-bond donors (Lipinski definition) is 2. The third-order valence-electron chi connectivity index (χ3n) is 6.45. The molecule has 2 fully saturated rings. The number of nitrogens with zero attached hydrogens (tertiary/aromatic N) is 4. The van der Waals surface area contributed by atoms with E-state index in [1.807, 2.05) is 18.7 Å². The average Bonchev–Trinajstić information content (AvgIpc) is 3.37. The van der Waals surface area contributed by atoms with Crippen molar-refractivity contribution in [2.45, 2.75) is 51.4 Å². The Balaban J connectivity index is 1.32. The highest BCUT2D eigenvalue weighted by Gasteiger charge is 2.32. The van der Waals surface area contributed by atoms with E-state index in [1.165, 1.54) is 24.2 Å². The van der Waals surface area contributed by atoms with Crippen molar-refractivity contribution in [3.8, 4) is 0 Å². The second-order valence-corrected chi connectivity index (χ2v) is 8.61. The molecule has 0 bridgehead atoms. The Bertz CT molecular complexity index is 741. The zero-order valence-corrected chi connectivity index (χ0v) is 17.6. The smallest absolute Gasteiger partial charge is 0.0945 e. The molecule has 1 aliphatic carbocycles. The molecule has 2 heterocycles. The quantitative estimate of drug-likeness (QED) is 0.716. The summed E-state index contributed by atoms with van der Waals surface area (Å²) in [4.78, 5) is 9.21. The maximum absolute atomic E-state index is 10.6. The number of aliphatic hydroxyl groups is 1. The fourth-order valence-electron chi connectivity index (χ4n) is 4.92. The highest BCUT2D eigenvalue weighted by Crippen LogP contribution is 2.29. The van der Waals surface area contributed by atoms with Gasteiger partial charge < -0.3 is 19.9 Å². The Kier molecular flexibility index (Phi) is 6.85. The van der Waals surface area contributed by atoms with Crippen LogP contribution in [0.2, 0.25) is 0 Å². The number of benzene rings is 1. The molecular formula is C23H35N5O. The summed E-state index contributed by atoms with van der Waals surface area (Å²) in [7, 11) is 0. The van der Waals surface area contributed by atoms with E-state index < -0.39 is 0 Å². The van der Waals surface area contributed by atoms with Gasteiger partial charge in [-0.25, -0.2) is 4.98 Å². The Morgan fingerprint density at radius 2 is 1.97 bits per heavy atom. The van der Waals surface area contributed by atoms with Gasteiger partial charge in [-0.3, -0.25) is 4.90 Å². The standard InChI is InChI=1S/C23H35N5O/c1-2-8-26-10-12-28(13-11-26)22-6-4-3-5-20(22)16-25-21-14-19(15-23(21)29)17-27-9-7-24-18-27/h3-7,9,18-19,21,23,25,29H,2,8,10-17H2,1H3/t19?,21-,23-/m1/s1. The SMILES string of the molecule is CCCN1CCN(c2ccccc2CN[C@@H]2CC(Cn3ccnc3)C[C@H]2O)CC1. The molecule has 1 aromatic heterocycles. The highest BCUT2D eigenvalue weighted by molar-refractivity contribution is 5.54. The van der Waals surface area contributed by atoms with Gasteiger partial charge in [0.05, 0.1) is 12.4 Å². The number of nitrogens with one attached hydrogen (secondary N) is 1. The number of anilines is 1. The first-order chi connectivity index (χ1) is 14.2. The molecule has 0 spiro atoms. The predicted octanol–water partition coefficient (Wildman–Crippen LogP) is 2.34. The summed E-state index contributed by atoms with van der Waals surface area (Å²) < 4.78 is 2.12. The number of rotatable bonds is 8. The van der Waals surface area contributed by atoms with Gasteiger partial charge in [-0.2, -0.15) is 0 Å². The number of para-hydroxylation sites is 1. The minimum Gasteiger partial charge on any atom is -0.391 e. The second kappa shape index (κ2) is 9.74. The minimum absolute atomic E-state index is 0.165. The first-order valence-electron chi connectivity index (χ1n) is 11.2. The molecule has 2 N–H and O–H groups in total. The zero-order chi connectivity index (χ0) is 20.1. The maximum Gasteiger partial charge on any atom is 0.0945 e. The predicted molar refractivity (Wildman–Crippen MR) is 117 cm³/mol. The molecule has 0 amide bonds. The molecule has 1 aliphatic heterocycles. The van der Waals surface area contributed by atoms with Crippen LogP contribution in [0, 0.1) is 5.92 Å². The fourth-order valence-corrected chi connectivity index (χ4v) is 4.92. The molecule has 158 valence electrons. The van der Waals surface area contributed by atoms with Gasteiger partial charge in [0, 0.05) is 63.4 Å². The molecule has 1 saturated carbocycles. The molecule has 2 aliphatic rings. The lowest BCUT2D eigenvalue weighted by molar-refractivity contribution is 0.145. The molecule has 1 saturated heterocycles. The van der Waals surface area contributed by atoms with Crippen LogP contribution in [0.1, 0.15) is 31.7 Å². The third-order valence-corrected chi connectivity index (χ3v) is 6.45. The molecule has 6 heteroatoms. The number of piperazine rings is 1. The zero-order valence-electron chi connectivity index (χ0n) is 17.6. The maximum atomic E-state index is 10.6. The van der Waals surface area contributed by atoms with Crippen molar-refractivity contribution in [3.63, 3.8) is 0 Å². The average molecular weight is 398 g/mol. The summed E-state index contributed by atoms with van der Waals surface area (Å²) in [6, 6.07) is 8.91. The van der Waals surface area contributed by atoms with Crippen LogP contribution in [0.25, 0.3) is 0 Å². The molecule has 1 unspecified atom stereocenters. The van der Waals surface area contributed by atoms with Crippen LogP contribution >= 0.6 is 0 Å². The van der Waals surface area contributed by atoms with Gasteiger partial charge >= 0.3 is 0 Å². The first-order valence-corrected chi connectivity index (χ1v) is 11.2. The molecule has 2 aromatic rings. The van der Waals surface area contributed by atoms with Gasteiger partial charge in [-0.15, -0.1) is 0 Å². The van der Waals surface area contributed by atoms with Crippen LogP contribution in [0.3, 0.4) is 0 Å². The Morgan fingerprint density at radius 1 is 1.14 bits per heavy atom. The Labute approximate surface area is 174 Å². The molecule has 0 radical (unpaired) electrons. The Morgan fingerprint density at radius 3 is 2.72 bits per heavy atom. The van der Waals surface area contributed by atoms with Crippen molar-refractivity contribution < 1.29 is 5.11 Å². The second-order valence-electron chi connectivity index (χ2n) is 8.61. The molecular weight excluding hydrogens is 362 g/mol. The molecule has 3 atom stereocenters. The van der Waals surface area contributed by atoms with E-state index >= 15 is 0 Å². The van der Waals surface area contributed by atoms with Gasteiger partial charge in [0.2, 0.25) is 0 Å². The lowest BCUT2D eigenvalue weighted by Crippen LogP contribution is -2.47. The number of imidazole rings is 1. The molecule has 1 aromatic carbocycles. The summed E-state index contributed by atoms with van der Waals surface area (Å²) in [5.41, 5.74) is 2.68. The topological polar surface area (TPSA) is 56.6 Å². The summed E-state index contributed by atoms with van der Waals surface area (Å²) in [5.74, 6) is 0.499. The summed E-state index contributed by atoms with van der Waals surface area (Å²) >= 11 is 0. The van der Waals surface area contributed by atoms with E-state index in [4.69, 9.17) is 0 Å². The number of hydrogen-bond acceptors (Lipinski definition) is 5. The Hall–Kier alpha value is -1.89. The van der Waals surface area contributed by atoms with Gasteiger partial charge in [0.25, 0.3) is 0 Å². The van der Waals surface area contributed by atoms with Gasteiger partial charge in [0.1, 0.15) is 0 Å². The van der Waals surface area contributed by atoms with E-state index in [0.29, 0.717) is 5.92 Å². The number of aromatic nitrogens is 2. The van der Waals surface area contributed by atoms with Gasteiger partial charge in [-0.1, -0.05) is 25.1 Å². The largest absolute Gasteiger partial charge is 0.391 e. The third kappa shape index (κ3) is 5.18. The first kappa shape index (κ1) is 20.4.